The van der Waals surface area contributed by atoms with Crippen LogP contribution in [-0.4, -0.2) is 54.3 Å². The number of hydrogen-bond donors (Lipinski definition) is 2. The molecule has 0 atom stereocenters. The quantitative estimate of drug-likeness (QED) is 0.500. The van der Waals surface area contributed by atoms with Crippen LogP contribution in [0.5, 0.6) is 17.2 Å². The van der Waals surface area contributed by atoms with Gasteiger partial charge in [-0.15, -0.1) is 0 Å². The van der Waals surface area contributed by atoms with Gasteiger partial charge in [-0.25, -0.2) is 5.43 Å². The van der Waals surface area contributed by atoms with Crippen LogP contribution in [0.25, 0.3) is 0 Å². The summed E-state index contributed by atoms with van der Waals surface area (Å²) in [4.78, 5) is 26.2. The number of carbonyl (C=O) groups is 2. The molecule has 1 aliphatic heterocycles. The second-order valence-electron chi connectivity index (χ2n) is 7.12. The van der Waals surface area contributed by atoms with Gasteiger partial charge in [-0.1, -0.05) is 6.07 Å². The molecule has 1 saturated heterocycles. The van der Waals surface area contributed by atoms with E-state index in [0.717, 1.165) is 32.4 Å². The fourth-order valence-corrected chi connectivity index (χ4v) is 3.24. The Labute approximate surface area is 181 Å². The molecule has 0 saturated carbocycles. The number of likely N-dealkylation sites (tertiary alicyclic amines) is 1. The second kappa shape index (κ2) is 11.0. The Kier molecular flexibility index (Phi) is 7.86. The van der Waals surface area contributed by atoms with Crippen LogP contribution in [0.1, 0.15) is 42.1 Å². The predicted molar refractivity (Wildman–Crippen MR) is 117 cm³/mol. The first-order chi connectivity index (χ1) is 15.1. The lowest BCUT2D eigenvalue weighted by atomic mass is 10.1. The number of benzene rings is 2. The first-order valence-electron chi connectivity index (χ1n) is 10.4. The largest absolute Gasteiger partial charge is 0.508 e. The zero-order valence-corrected chi connectivity index (χ0v) is 17.5. The fourth-order valence-electron chi connectivity index (χ4n) is 3.24. The number of phenols is 1. The van der Waals surface area contributed by atoms with Gasteiger partial charge in [0.2, 0.25) is 0 Å². The summed E-state index contributed by atoms with van der Waals surface area (Å²) in [7, 11) is 0. The van der Waals surface area contributed by atoms with Crippen molar-refractivity contribution in [2.45, 2.75) is 26.2 Å². The third-order valence-corrected chi connectivity index (χ3v) is 4.82. The Morgan fingerprint density at radius 3 is 2.65 bits per heavy atom. The van der Waals surface area contributed by atoms with Gasteiger partial charge in [0.25, 0.3) is 11.8 Å². The van der Waals surface area contributed by atoms with E-state index in [1.54, 1.807) is 30.3 Å². The highest BCUT2D eigenvalue weighted by Gasteiger charge is 2.17. The molecule has 1 fully saturated rings. The summed E-state index contributed by atoms with van der Waals surface area (Å²) in [6, 6.07) is 11.2. The number of amides is 2. The number of carbonyl (C=O) groups excluding carboxylic acids is 2. The Balaban J connectivity index is 1.60. The summed E-state index contributed by atoms with van der Waals surface area (Å²) in [6.45, 7) is 3.83. The molecule has 2 aromatic carbocycles. The lowest BCUT2D eigenvalue weighted by Gasteiger charge is -2.26. The molecule has 0 radical (unpaired) electrons. The monoisotopic (exact) mass is 425 g/mol. The molecule has 2 amide bonds. The Morgan fingerprint density at radius 2 is 1.90 bits per heavy atom. The smallest absolute Gasteiger partial charge is 0.271 e. The van der Waals surface area contributed by atoms with Crippen molar-refractivity contribution in [2.24, 2.45) is 5.10 Å². The van der Waals surface area contributed by atoms with E-state index >= 15 is 0 Å². The molecule has 2 aromatic rings. The van der Waals surface area contributed by atoms with Crippen LogP contribution in [0, 0.1) is 0 Å². The molecular formula is C23H27N3O5. The Bertz CT molecular complexity index is 939. The van der Waals surface area contributed by atoms with Crippen LogP contribution in [-0.2, 0) is 4.79 Å². The SMILES string of the molecule is CCOc1cc(/C=N/NC(=O)c2cccc(O)c2)ccc1OCC(=O)N1CCCCC1. The number of hydrazone groups is 1. The molecule has 3 rings (SSSR count). The fraction of sp³-hybridized carbons (Fsp3) is 0.348. The molecule has 31 heavy (non-hydrogen) atoms. The van der Waals surface area contributed by atoms with Gasteiger partial charge in [-0.2, -0.15) is 5.10 Å². The van der Waals surface area contributed by atoms with Gasteiger partial charge in [-0.05, 0) is 68.1 Å². The molecule has 8 nitrogen and oxygen atoms in total. The van der Waals surface area contributed by atoms with Gasteiger partial charge in [-0.3, -0.25) is 9.59 Å². The third-order valence-electron chi connectivity index (χ3n) is 4.82. The van der Waals surface area contributed by atoms with Crippen LogP contribution in [0.2, 0.25) is 0 Å². The van der Waals surface area contributed by atoms with E-state index in [0.29, 0.717) is 29.2 Å². The zero-order chi connectivity index (χ0) is 22.1. The topological polar surface area (TPSA) is 100 Å². The average molecular weight is 425 g/mol. The van der Waals surface area contributed by atoms with Crippen LogP contribution < -0.4 is 14.9 Å². The minimum atomic E-state index is -0.437. The zero-order valence-electron chi connectivity index (χ0n) is 17.5. The molecule has 0 aliphatic carbocycles. The van der Waals surface area contributed by atoms with E-state index in [2.05, 4.69) is 10.5 Å². The van der Waals surface area contributed by atoms with E-state index in [9.17, 15) is 14.7 Å². The van der Waals surface area contributed by atoms with Gasteiger partial charge in [0, 0.05) is 18.7 Å². The van der Waals surface area contributed by atoms with E-state index in [4.69, 9.17) is 9.47 Å². The summed E-state index contributed by atoms with van der Waals surface area (Å²) in [6.07, 6.45) is 4.71. The van der Waals surface area contributed by atoms with E-state index < -0.39 is 5.91 Å². The minimum absolute atomic E-state index is 0.00680. The van der Waals surface area contributed by atoms with Crippen LogP contribution in [0.4, 0.5) is 0 Å². The highest BCUT2D eigenvalue weighted by molar-refractivity contribution is 5.95. The van der Waals surface area contributed by atoms with Gasteiger partial charge in [0.05, 0.1) is 12.8 Å². The summed E-state index contributed by atoms with van der Waals surface area (Å²) >= 11 is 0. The van der Waals surface area contributed by atoms with Crippen molar-refractivity contribution in [1.29, 1.82) is 0 Å². The van der Waals surface area contributed by atoms with Gasteiger partial charge < -0.3 is 19.5 Å². The maximum absolute atomic E-state index is 12.3. The Morgan fingerprint density at radius 1 is 1.10 bits per heavy atom. The number of hydrogen-bond acceptors (Lipinski definition) is 6. The van der Waals surface area contributed by atoms with Crippen molar-refractivity contribution in [3.63, 3.8) is 0 Å². The van der Waals surface area contributed by atoms with Crippen molar-refractivity contribution in [3.05, 3.63) is 53.6 Å². The lowest BCUT2D eigenvalue weighted by Crippen LogP contribution is -2.38. The maximum Gasteiger partial charge on any atom is 0.271 e. The highest BCUT2D eigenvalue weighted by atomic mass is 16.5. The molecule has 0 spiro atoms. The molecule has 1 aliphatic rings. The van der Waals surface area contributed by atoms with Gasteiger partial charge in [0.1, 0.15) is 5.75 Å². The van der Waals surface area contributed by atoms with Crippen LogP contribution in [0.15, 0.2) is 47.6 Å². The number of piperidine rings is 1. The molecular weight excluding hydrogens is 398 g/mol. The number of nitrogens with one attached hydrogen (secondary N) is 1. The molecule has 0 bridgehead atoms. The lowest BCUT2D eigenvalue weighted by molar-refractivity contribution is -0.134. The molecule has 0 aromatic heterocycles. The molecule has 1 heterocycles. The van der Waals surface area contributed by atoms with Crippen LogP contribution >= 0.6 is 0 Å². The van der Waals surface area contributed by atoms with Crippen molar-refractivity contribution < 1.29 is 24.2 Å². The predicted octanol–water partition coefficient (Wildman–Crippen LogP) is 2.95. The van der Waals surface area contributed by atoms with Gasteiger partial charge >= 0.3 is 0 Å². The third kappa shape index (κ3) is 6.47. The summed E-state index contributed by atoms with van der Waals surface area (Å²) in [5.41, 5.74) is 3.40. The van der Waals surface area contributed by atoms with Crippen molar-refractivity contribution in [2.75, 3.05) is 26.3 Å². The molecule has 2 N–H and O–H groups in total. The van der Waals surface area contributed by atoms with E-state index in [1.165, 1.54) is 18.3 Å². The normalized spacial score (nSPS) is 13.8. The number of rotatable bonds is 8. The first-order valence-corrected chi connectivity index (χ1v) is 10.4. The van der Waals surface area contributed by atoms with Crippen molar-refractivity contribution >= 4 is 18.0 Å². The minimum Gasteiger partial charge on any atom is -0.508 e. The second-order valence-corrected chi connectivity index (χ2v) is 7.12. The summed E-state index contributed by atoms with van der Waals surface area (Å²) in [5.74, 6) is 0.522. The molecule has 0 unspecified atom stereocenters. The number of ether oxygens (including phenoxy) is 2. The van der Waals surface area contributed by atoms with E-state index in [-0.39, 0.29) is 18.3 Å². The number of nitrogens with zero attached hydrogens (tertiary/aromatic N) is 2. The number of phenolic OH excluding ortho intramolecular Hbond substituents is 1. The standard InChI is InChI=1S/C23H27N3O5/c1-2-30-21-13-17(15-24-25-23(29)18-7-6-8-19(27)14-18)9-10-20(21)31-16-22(28)26-11-4-3-5-12-26/h6-10,13-15,27H,2-5,11-12,16H2,1H3,(H,25,29)/b24-15+. The molecule has 164 valence electrons. The average Bonchev–Trinajstić information content (AvgIpc) is 2.79. The Hall–Kier alpha value is -3.55. The first kappa shape index (κ1) is 22.1. The maximum atomic E-state index is 12.3. The highest BCUT2D eigenvalue weighted by Crippen LogP contribution is 2.28. The van der Waals surface area contributed by atoms with Crippen molar-refractivity contribution in [3.8, 4) is 17.2 Å². The summed E-state index contributed by atoms with van der Waals surface area (Å²) < 4.78 is 11.4. The van der Waals surface area contributed by atoms with E-state index in [1.807, 2.05) is 11.8 Å². The number of aromatic hydroxyl groups is 1. The molecule has 8 heteroatoms. The van der Waals surface area contributed by atoms with Crippen LogP contribution in [0.3, 0.4) is 0 Å². The van der Waals surface area contributed by atoms with Crippen molar-refractivity contribution in [1.82, 2.24) is 10.3 Å². The summed E-state index contributed by atoms with van der Waals surface area (Å²) in [5, 5.41) is 13.4. The van der Waals surface area contributed by atoms with Gasteiger partial charge in [0.15, 0.2) is 18.1 Å².